The number of alkyl halides is 6. The molecule has 38 heavy (non-hydrogen) atoms. The van der Waals surface area contributed by atoms with Crippen molar-refractivity contribution in [3.63, 3.8) is 0 Å². The van der Waals surface area contributed by atoms with E-state index in [-0.39, 0.29) is 0 Å². The number of para-hydroxylation sites is 2. The highest BCUT2D eigenvalue weighted by molar-refractivity contribution is 5.84. The lowest BCUT2D eigenvalue weighted by Gasteiger charge is -2.20. The Morgan fingerprint density at radius 1 is 0.789 bits per heavy atom. The average molecular weight is 526 g/mol. The molecule has 5 rings (SSSR count). The van der Waals surface area contributed by atoms with E-state index in [4.69, 9.17) is 4.98 Å². The number of hydrogen-bond donors (Lipinski definition) is 1. The molecule has 194 valence electrons. The number of rotatable bonds is 4. The van der Waals surface area contributed by atoms with Crippen LogP contribution in [0.15, 0.2) is 89.9 Å². The van der Waals surface area contributed by atoms with Crippen molar-refractivity contribution in [2.45, 2.75) is 19.3 Å². The van der Waals surface area contributed by atoms with Crippen molar-refractivity contribution >= 4 is 22.4 Å². The first-order chi connectivity index (χ1) is 18.0. The summed E-state index contributed by atoms with van der Waals surface area (Å²) < 4.78 is 80.3. The molecule has 1 heterocycles. The number of benzene rings is 4. The summed E-state index contributed by atoms with van der Waals surface area (Å²) >= 11 is 0. The van der Waals surface area contributed by atoms with Crippen molar-refractivity contribution in [1.82, 2.24) is 9.55 Å². The minimum atomic E-state index is -4.46. The average Bonchev–Trinajstić information content (AvgIpc) is 2.87. The Morgan fingerprint density at radius 2 is 1.39 bits per heavy atom. The monoisotopic (exact) mass is 526 g/mol. The first-order valence-corrected chi connectivity index (χ1v) is 11.6. The fraction of sp³-hybridized carbons (Fsp3) is 0.143. The third kappa shape index (κ3) is 4.93. The van der Waals surface area contributed by atoms with Gasteiger partial charge in [-0.25, -0.2) is 4.98 Å². The van der Waals surface area contributed by atoms with Crippen LogP contribution in [0.4, 0.5) is 37.7 Å². The third-order valence-electron chi connectivity index (χ3n) is 5.97. The summed E-state index contributed by atoms with van der Waals surface area (Å²) in [4.78, 5) is 9.28. The second-order valence-electron chi connectivity index (χ2n) is 8.51. The summed E-state index contributed by atoms with van der Waals surface area (Å²) in [5, 5.41) is 3.65. The summed E-state index contributed by atoms with van der Waals surface area (Å²) in [5.74, 6) is 0. The van der Waals surface area contributed by atoms with Gasteiger partial charge in [-0.3, -0.25) is 4.99 Å². The summed E-state index contributed by atoms with van der Waals surface area (Å²) in [7, 11) is 0. The van der Waals surface area contributed by atoms with E-state index in [0.29, 0.717) is 51.4 Å². The van der Waals surface area contributed by atoms with Crippen LogP contribution in [0.25, 0.3) is 28.1 Å². The molecular formula is C28H20F6N4. The molecule has 3 aromatic carbocycles. The van der Waals surface area contributed by atoms with Crippen LogP contribution in [0.5, 0.6) is 0 Å². The maximum Gasteiger partial charge on any atom is 0.416 e. The predicted octanol–water partition coefficient (Wildman–Crippen LogP) is 7.83. The van der Waals surface area contributed by atoms with E-state index in [0.717, 1.165) is 24.3 Å². The topological polar surface area (TPSA) is 42.2 Å². The van der Waals surface area contributed by atoms with E-state index in [9.17, 15) is 26.3 Å². The highest BCUT2D eigenvalue weighted by atomic mass is 19.4. The highest BCUT2D eigenvalue weighted by Crippen LogP contribution is 2.34. The summed E-state index contributed by atoms with van der Waals surface area (Å²) in [5.41, 5.74) is 2.38. The molecule has 0 aromatic heterocycles. The number of fused-ring (bicyclic) bond motifs is 2. The molecule has 3 aromatic rings. The Balaban J connectivity index is 1.69. The van der Waals surface area contributed by atoms with Gasteiger partial charge in [-0.1, -0.05) is 12.1 Å². The number of hydrogen-bond acceptors (Lipinski definition) is 3. The maximum atomic E-state index is 13.2. The van der Waals surface area contributed by atoms with E-state index in [1.807, 2.05) is 23.6 Å². The molecule has 1 aliphatic heterocycles. The van der Waals surface area contributed by atoms with Gasteiger partial charge in [0.25, 0.3) is 0 Å². The van der Waals surface area contributed by atoms with E-state index >= 15 is 0 Å². The summed E-state index contributed by atoms with van der Waals surface area (Å²) in [6.45, 7) is 2.27. The smallest absolute Gasteiger partial charge is 0.354 e. The number of nitrogens with zero attached hydrogens (tertiary/aromatic N) is 3. The van der Waals surface area contributed by atoms with Crippen LogP contribution in [0.3, 0.4) is 0 Å². The number of nitrogens with one attached hydrogen (secondary N) is 1. The van der Waals surface area contributed by atoms with Crippen molar-refractivity contribution in [1.29, 1.82) is 0 Å². The van der Waals surface area contributed by atoms with Crippen molar-refractivity contribution in [3.05, 3.63) is 101 Å². The van der Waals surface area contributed by atoms with Gasteiger partial charge in [-0.05, 0) is 79.7 Å². The van der Waals surface area contributed by atoms with Crippen LogP contribution in [0, 0.1) is 0 Å². The van der Waals surface area contributed by atoms with Crippen molar-refractivity contribution in [2.24, 2.45) is 4.99 Å². The molecule has 0 atom stereocenters. The van der Waals surface area contributed by atoms with E-state index < -0.39 is 23.5 Å². The SMILES string of the molecule is CCN=c1cc2n(-c3ccc(C(F)(F)F)cc3)c3ccccc3nc-2cc1Nc1ccc(C(F)(F)F)cc1. The molecule has 10 heteroatoms. The van der Waals surface area contributed by atoms with E-state index in [1.165, 1.54) is 24.3 Å². The molecule has 0 unspecified atom stereocenters. The Hall–Kier alpha value is -4.34. The lowest BCUT2D eigenvalue weighted by atomic mass is 10.1. The molecule has 0 spiro atoms. The third-order valence-corrected chi connectivity index (χ3v) is 5.97. The zero-order chi connectivity index (χ0) is 27.1. The van der Waals surface area contributed by atoms with Gasteiger partial charge in [0.2, 0.25) is 0 Å². The van der Waals surface area contributed by atoms with Gasteiger partial charge in [0.1, 0.15) is 0 Å². The standard InChI is InChI=1S/C28H20F6N4/c1-2-35-22-16-26-24(15-23(22)36-19-11-7-17(8-12-19)27(29,30)31)37-21-5-3-4-6-25(21)38(26)20-13-9-18(10-14-20)28(32,33)34/h3-16,36H,2H2,1H3. The fourth-order valence-corrected chi connectivity index (χ4v) is 4.22. The molecule has 0 radical (unpaired) electrons. The normalized spacial score (nSPS) is 12.9. The number of aromatic nitrogens is 2. The van der Waals surface area contributed by atoms with Crippen LogP contribution < -0.4 is 10.7 Å². The number of halogens is 6. The first-order valence-electron chi connectivity index (χ1n) is 11.6. The Labute approximate surface area is 213 Å². The van der Waals surface area contributed by atoms with Crippen molar-refractivity contribution in [3.8, 4) is 17.1 Å². The van der Waals surface area contributed by atoms with Crippen LogP contribution in [-0.2, 0) is 12.4 Å². The fourth-order valence-electron chi connectivity index (χ4n) is 4.22. The van der Waals surface area contributed by atoms with E-state index in [1.54, 1.807) is 24.3 Å². The molecule has 4 nitrogen and oxygen atoms in total. The van der Waals surface area contributed by atoms with Crippen LogP contribution >= 0.6 is 0 Å². The lowest BCUT2D eigenvalue weighted by Crippen LogP contribution is -2.15. The van der Waals surface area contributed by atoms with Gasteiger partial charge in [0.15, 0.2) is 0 Å². The highest BCUT2D eigenvalue weighted by Gasteiger charge is 2.31. The van der Waals surface area contributed by atoms with Gasteiger partial charge < -0.3 is 9.88 Å². The van der Waals surface area contributed by atoms with Crippen molar-refractivity contribution in [2.75, 3.05) is 11.9 Å². The second kappa shape index (κ2) is 9.51. The summed E-state index contributed by atoms with van der Waals surface area (Å²) in [6.07, 6.45) is -8.90. The largest absolute Gasteiger partial charge is 0.416 e. The molecular weight excluding hydrogens is 506 g/mol. The zero-order valence-corrected chi connectivity index (χ0v) is 19.9. The second-order valence-corrected chi connectivity index (χ2v) is 8.51. The predicted molar refractivity (Wildman–Crippen MR) is 134 cm³/mol. The van der Waals surface area contributed by atoms with Gasteiger partial charge in [0.05, 0.1) is 44.6 Å². The van der Waals surface area contributed by atoms with Gasteiger partial charge >= 0.3 is 12.4 Å². The minimum absolute atomic E-state index is 0.425. The molecule has 1 N–H and O–H groups in total. The van der Waals surface area contributed by atoms with Gasteiger partial charge in [0, 0.05) is 17.9 Å². The Morgan fingerprint density at radius 3 is 2.00 bits per heavy atom. The Kier molecular flexibility index (Phi) is 6.34. The maximum absolute atomic E-state index is 13.2. The van der Waals surface area contributed by atoms with Gasteiger partial charge in [-0.2, -0.15) is 26.3 Å². The molecule has 0 fully saturated rings. The molecule has 0 bridgehead atoms. The quantitative estimate of drug-likeness (QED) is 0.192. The van der Waals surface area contributed by atoms with Crippen molar-refractivity contribution < 1.29 is 26.3 Å². The van der Waals surface area contributed by atoms with Gasteiger partial charge in [-0.15, -0.1) is 0 Å². The molecule has 2 aliphatic rings. The van der Waals surface area contributed by atoms with E-state index in [2.05, 4.69) is 10.3 Å². The number of anilines is 2. The molecule has 0 saturated carbocycles. The minimum Gasteiger partial charge on any atom is -0.354 e. The molecule has 1 aliphatic carbocycles. The molecule has 0 saturated heterocycles. The van der Waals surface area contributed by atoms with Crippen LogP contribution in [0.2, 0.25) is 0 Å². The summed E-state index contributed by atoms with van der Waals surface area (Å²) in [6, 6.07) is 20.2. The van der Waals surface area contributed by atoms with Crippen LogP contribution in [-0.4, -0.2) is 16.1 Å². The van der Waals surface area contributed by atoms with Crippen LogP contribution in [0.1, 0.15) is 18.1 Å². The lowest BCUT2D eigenvalue weighted by molar-refractivity contribution is -0.138. The molecule has 0 amide bonds. The first kappa shape index (κ1) is 25.3. The zero-order valence-electron chi connectivity index (χ0n) is 19.9. The Bertz CT molecular complexity index is 1630.